The summed E-state index contributed by atoms with van der Waals surface area (Å²) in [4.78, 5) is 33.4. The molecule has 0 radical (unpaired) electrons. The van der Waals surface area contributed by atoms with Crippen molar-refractivity contribution in [2.24, 2.45) is 0 Å². The molecule has 0 aromatic rings. The fourth-order valence-corrected chi connectivity index (χ4v) is 5.07. The van der Waals surface area contributed by atoms with Crippen LogP contribution in [0.4, 0.5) is 0 Å². The van der Waals surface area contributed by atoms with Gasteiger partial charge in [0.05, 0.1) is 13.2 Å². The van der Waals surface area contributed by atoms with Crippen LogP contribution in [0, 0.1) is 0 Å². The monoisotopic (exact) mass is 434 g/mol. The fraction of sp³-hybridized carbons (Fsp3) is 0.667. The highest BCUT2D eigenvalue weighted by atomic mass is 33.1. The molecule has 0 heterocycles. The van der Waals surface area contributed by atoms with E-state index >= 15 is 0 Å². The van der Waals surface area contributed by atoms with Crippen molar-refractivity contribution in [3.8, 4) is 0 Å². The lowest BCUT2D eigenvalue weighted by atomic mass is 10.4. The molecule has 0 N–H and O–H groups in total. The summed E-state index contributed by atoms with van der Waals surface area (Å²) in [6, 6.07) is 0. The van der Waals surface area contributed by atoms with Gasteiger partial charge in [0, 0.05) is 56.4 Å². The number of ether oxygens (including phenoxy) is 2. The Morgan fingerprint density at radius 2 is 0.857 bits per heavy atom. The number of hydrogen-bond acceptors (Lipinski definition) is 10. The van der Waals surface area contributed by atoms with Crippen LogP contribution in [0.5, 0.6) is 0 Å². The number of hydrogen-bond donors (Lipinski definition) is 0. The first-order valence-corrected chi connectivity index (χ1v) is 11.0. The molecule has 0 aromatic heterocycles. The van der Waals surface area contributed by atoms with Crippen LogP contribution in [0.25, 0.3) is 0 Å². The van der Waals surface area contributed by atoms with Crippen LogP contribution in [0.3, 0.4) is 0 Å². The van der Waals surface area contributed by atoms with Crippen molar-refractivity contribution in [1.29, 1.82) is 0 Å². The predicted molar refractivity (Wildman–Crippen MR) is 117 cm³/mol. The summed E-state index contributed by atoms with van der Waals surface area (Å²) in [6.07, 6.45) is 0. The van der Waals surface area contributed by atoms with E-state index < -0.39 is 11.9 Å². The van der Waals surface area contributed by atoms with Crippen LogP contribution in [0.2, 0.25) is 0 Å². The molecule has 0 aliphatic rings. The van der Waals surface area contributed by atoms with E-state index in [1.165, 1.54) is 21.6 Å². The van der Waals surface area contributed by atoms with Gasteiger partial charge in [0.15, 0.2) is 0 Å². The largest absolute Gasteiger partial charge is 0.462 e. The molecule has 0 bridgehead atoms. The average molecular weight is 435 g/mol. The summed E-state index contributed by atoms with van der Waals surface area (Å²) in [5, 5.41) is 0. The number of rotatable bonds is 11. The molecule has 0 unspecified atom stereocenters. The second-order valence-electron chi connectivity index (χ2n) is 6.49. The smallest absolute Gasteiger partial charge is 0.349 e. The van der Waals surface area contributed by atoms with Crippen molar-refractivity contribution in [2.75, 3.05) is 69.6 Å². The van der Waals surface area contributed by atoms with E-state index in [4.69, 9.17) is 9.47 Å². The first-order chi connectivity index (χ1) is 13.0. The lowest BCUT2D eigenvalue weighted by Gasteiger charge is -2.28. The zero-order valence-electron chi connectivity index (χ0n) is 18.7. The summed E-state index contributed by atoms with van der Waals surface area (Å²) in [5.74, 6) is 0.513. The Labute approximate surface area is 177 Å². The number of carbonyl (C=O) groups excluding carboxylic acids is 2. The maximum Gasteiger partial charge on any atom is 0.349 e. The Hall–Kier alpha value is -1.68. The first kappa shape index (κ1) is 26.3. The standard InChI is InChI=1S/C18H34N4O4S2/c1-11-25-17(23)13(15(19(3)4)20(5)6)27-28-14(18(24)26-12-2)16(21(7)8)22(9)10/h11-12H2,1-10H3. The van der Waals surface area contributed by atoms with Crippen LogP contribution >= 0.6 is 21.6 Å². The minimum absolute atomic E-state index is 0.267. The van der Waals surface area contributed by atoms with Gasteiger partial charge < -0.3 is 29.1 Å². The van der Waals surface area contributed by atoms with Crippen molar-refractivity contribution in [1.82, 2.24) is 19.6 Å². The molecule has 0 atom stereocenters. The predicted octanol–water partition coefficient (Wildman–Crippen LogP) is 2.08. The molecule has 0 aliphatic carbocycles. The average Bonchev–Trinajstić information content (AvgIpc) is 2.55. The maximum absolute atomic E-state index is 12.6. The quantitative estimate of drug-likeness (QED) is 0.274. The summed E-state index contributed by atoms with van der Waals surface area (Å²) in [7, 11) is 17.2. The van der Waals surface area contributed by atoms with Gasteiger partial charge in [0.1, 0.15) is 21.5 Å². The van der Waals surface area contributed by atoms with E-state index in [2.05, 4.69) is 0 Å². The molecule has 162 valence electrons. The zero-order valence-corrected chi connectivity index (χ0v) is 20.3. The van der Waals surface area contributed by atoms with Crippen molar-refractivity contribution < 1.29 is 19.1 Å². The van der Waals surface area contributed by atoms with E-state index in [1.54, 1.807) is 13.8 Å². The molecular weight excluding hydrogens is 400 g/mol. The summed E-state index contributed by atoms with van der Waals surface area (Å²) in [5.41, 5.74) is 0. The van der Waals surface area contributed by atoms with Gasteiger partial charge in [-0.25, -0.2) is 9.59 Å². The van der Waals surface area contributed by atoms with Gasteiger partial charge in [-0.05, 0) is 35.4 Å². The molecule has 0 amide bonds. The SMILES string of the molecule is CCOC(=O)C(SSC(C(=O)OCC)=C(N(C)C)N(C)C)=C(N(C)C)N(C)C. The molecule has 8 nitrogen and oxygen atoms in total. The summed E-state index contributed by atoms with van der Waals surface area (Å²) in [6.45, 7) is 4.06. The molecule has 0 spiro atoms. The van der Waals surface area contributed by atoms with Crippen molar-refractivity contribution in [3.05, 3.63) is 21.5 Å². The summed E-state index contributed by atoms with van der Waals surface area (Å²) < 4.78 is 10.5. The van der Waals surface area contributed by atoms with E-state index in [1.807, 2.05) is 76.0 Å². The Kier molecular flexibility index (Phi) is 12.0. The molecule has 0 rings (SSSR count). The minimum atomic E-state index is -0.433. The third-order valence-electron chi connectivity index (χ3n) is 3.23. The van der Waals surface area contributed by atoms with Crippen LogP contribution in [0.15, 0.2) is 21.5 Å². The molecule has 10 heteroatoms. The van der Waals surface area contributed by atoms with Gasteiger partial charge in [-0.15, -0.1) is 0 Å². The topological polar surface area (TPSA) is 65.6 Å². The van der Waals surface area contributed by atoms with E-state index in [0.29, 0.717) is 21.5 Å². The van der Waals surface area contributed by atoms with Gasteiger partial charge in [-0.3, -0.25) is 0 Å². The normalized spacial score (nSPS) is 9.93. The molecule has 0 aliphatic heterocycles. The maximum atomic E-state index is 12.6. The third-order valence-corrected chi connectivity index (χ3v) is 5.60. The van der Waals surface area contributed by atoms with Crippen LogP contribution < -0.4 is 0 Å². The van der Waals surface area contributed by atoms with Crippen LogP contribution in [-0.2, 0) is 19.1 Å². The van der Waals surface area contributed by atoms with Crippen molar-refractivity contribution in [2.45, 2.75) is 13.8 Å². The van der Waals surface area contributed by atoms with E-state index in [-0.39, 0.29) is 13.2 Å². The Morgan fingerprint density at radius 1 is 0.607 bits per heavy atom. The molecule has 0 aromatic carbocycles. The summed E-state index contributed by atoms with van der Waals surface area (Å²) >= 11 is 0. The van der Waals surface area contributed by atoms with Gasteiger partial charge in [0.25, 0.3) is 0 Å². The third kappa shape index (κ3) is 7.75. The number of carbonyl (C=O) groups is 2. The highest BCUT2D eigenvalue weighted by Gasteiger charge is 2.27. The van der Waals surface area contributed by atoms with Gasteiger partial charge in [0.2, 0.25) is 0 Å². The van der Waals surface area contributed by atoms with Crippen molar-refractivity contribution >= 4 is 33.5 Å². The molecule has 0 fully saturated rings. The van der Waals surface area contributed by atoms with Crippen LogP contribution in [0.1, 0.15) is 13.8 Å². The Balaban J connectivity index is 6.21. The molecule has 0 saturated heterocycles. The van der Waals surface area contributed by atoms with Crippen molar-refractivity contribution in [3.63, 3.8) is 0 Å². The zero-order chi connectivity index (χ0) is 22.0. The Morgan fingerprint density at radius 3 is 1.04 bits per heavy atom. The van der Waals surface area contributed by atoms with E-state index in [0.717, 1.165) is 0 Å². The number of esters is 2. The minimum Gasteiger partial charge on any atom is -0.462 e. The van der Waals surface area contributed by atoms with Gasteiger partial charge >= 0.3 is 11.9 Å². The molecule has 0 saturated carbocycles. The lowest BCUT2D eigenvalue weighted by Crippen LogP contribution is -2.29. The first-order valence-electron chi connectivity index (χ1n) is 8.86. The highest BCUT2D eigenvalue weighted by molar-refractivity contribution is 8.80. The van der Waals surface area contributed by atoms with E-state index in [9.17, 15) is 9.59 Å². The number of nitrogens with zero attached hydrogens (tertiary/aromatic N) is 4. The second-order valence-corrected chi connectivity index (χ2v) is 8.64. The second kappa shape index (κ2) is 12.7. The van der Waals surface area contributed by atoms with Crippen LogP contribution in [-0.4, -0.2) is 101 Å². The van der Waals surface area contributed by atoms with Gasteiger partial charge in [-0.2, -0.15) is 0 Å². The highest BCUT2D eigenvalue weighted by Crippen LogP contribution is 2.41. The molecular formula is C18H34N4O4S2. The lowest BCUT2D eigenvalue weighted by molar-refractivity contribution is -0.138. The fourth-order valence-electron chi connectivity index (χ4n) is 2.41. The Bertz CT molecular complexity index is 530. The molecule has 28 heavy (non-hydrogen) atoms. The van der Waals surface area contributed by atoms with Gasteiger partial charge in [-0.1, -0.05) is 0 Å².